The summed E-state index contributed by atoms with van der Waals surface area (Å²) in [4.78, 5) is 11.7. The van der Waals surface area contributed by atoms with Crippen LogP contribution >= 0.6 is 27.5 Å². The number of hydrogen-bond acceptors (Lipinski definition) is 3. The Kier molecular flexibility index (Phi) is 4.45. The molecule has 0 radical (unpaired) electrons. The van der Waals surface area contributed by atoms with Crippen molar-refractivity contribution in [1.82, 2.24) is 0 Å². The second-order valence-corrected chi connectivity index (χ2v) is 4.96. The van der Waals surface area contributed by atoms with Gasteiger partial charge in [-0.05, 0) is 46.3 Å². The van der Waals surface area contributed by atoms with Gasteiger partial charge in [-0.3, -0.25) is 0 Å². The van der Waals surface area contributed by atoms with Crippen molar-refractivity contribution < 1.29 is 14.3 Å². The van der Waals surface area contributed by atoms with Gasteiger partial charge in [0.2, 0.25) is 0 Å². The van der Waals surface area contributed by atoms with Gasteiger partial charge in [0, 0.05) is 5.02 Å². The minimum Gasteiger partial charge on any atom is -0.465 e. The number of carbonyl (C=O) groups excluding carboxylic acids is 1. The van der Waals surface area contributed by atoms with Crippen LogP contribution in [0.4, 0.5) is 0 Å². The number of rotatable bonds is 3. The van der Waals surface area contributed by atoms with E-state index in [0.29, 0.717) is 16.5 Å². The van der Waals surface area contributed by atoms with Crippen molar-refractivity contribution in [3.63, 3.8) is 0 Å². The fourth-order valence-corrected chi connectivity index (χ4v) is 2.04. The third-order valence-electron chi connectivity index (χ3n) is 2.40. The Balaban J connectivity index is 2.40. The minimum atomic E-state index is -0.496. The molecule has 0 N–H and O–H groups in total. The van der Waals surface area contributed by atoms with E-state index in [0.717, 1.165) is 4.47 Å². The van der Waals surface area contributed by atoms with Gasteiger partial charge in [0.1, 0.15) is 17.1 Å². The largest absolute Gasteiger partial charge is 0.465 e. The molecule has 0 aromatic heterocycles. The Bertz CT molecular complexity index is 613. The predicted molar refractivity (Wildman–Crippen MR) is 77.0 cm³/mol. The fourth-order valence-electron chi connectivity index (χ4n) is 1.51. The first-order valence-electron chi connectivity index (χ1n) is 5.42. The Morgan fingerprint density at radius 2 is 1.89 bits per heavy atom. The van der Waals surface area contributed by atoms with Gasteiger partial charge in [-0.1, -0.05) is 23.7 Å². The van der Waals surface area contributed by atoms with Crippen LogP contribution in [0.1, 0.15) is 10.4 Å². The molecule has 19 heavy (non-hydrogen) atoms. The molecular weight excluding hydrogens is 332 g/mol. The maximum absolute atomic E-state index is 11.7. The highest BCUT2D eigenvalue weighted by molar-refractivity contribution is 9.10. The molecule has 0 unspecified atom stereocenters. The summed E-state index contributed by atoms with van der Waals surface area (Å²) in [7, 11) is 1.31. The first-order valence-corrected chi connectivity index (χ1v) is 6.59. The number of ether oxygens (including phenoxy) is 2. The van der Waals surface area contributed by atoms with Crippen molar-refractivity contribution in [2.24, 2.45) is 0 Å². The number of benzene rings is 2. The van der Waals surface area contributed by atoms with Crippen molar-refractivity contribution in [2.75, 3.05) is 7.11 Å². The first kappa shape index (κ1) is 13.9. The van der Waals surface area contributed by atoms with Crippen molar-refractivity contribution in [1.29, 1.82) is 0 Å². The third-order valence-corrected chi connectivity index (χ3v) is 3.29. The second-order valence-electron chi connectivity index (χ2n) is 3.66. The van der Waals surface area contributed by atoms with Gasteiger partial charge in [0.05, 0.1) is 11.6 Å². The summed E-state index contributed by atoms with van der Waals surface area (Å²) in [5, 5.41) is 0.444. The molecule has 2 rings (SSSR count). The molecule has 5 heteroatoms. The van der Waals surface area contributed by atoms with E-state index in [1.54, 1.807) is 18.2 Å². The molecule has 0 aliphatic heterocycles. The van der Waals surface area contributed by atoms with E-state index in [1.807, 2.05) is 18.2 Å². The summed E-state index contributed by atoms with van der Waals surface area (Å²) in [6.07, 6.45) is 0. The van der Waals surface area contributed by atoms with Gasteiger partial charge in [0.15, 0.2) is 0 Å². The van der Waals surface area contributed by atoms with E-state index >= 15 is 0 Å². The van der Waals surface area contributed by atoms with E-state index < -0.39 is 5.97 Å². The van der Waals surface area contributed by atoms with E-state index in [2.05, 4.69) is 15.9 Å². The normalized spacial score (nSPS) is 10.1. The number of halogens is 2. The van der Waals surface area contributed by atoms with E-state index in [-0.39, 0.29) is 5.56 Å². The average molecular weight is 342 g/mol. The number of esters is 1. The third kappa shape index (κ3) is 3.28. The summed E-state index contributed by atoms with van der Waals surface area (Å²) < 4.78 is 11.2. The summed E-state index contributed by atoms with van der Waals surface area (Å²) >= 11 is 9.26. The highest BCUT2D eigenvalue weighted by atomic mass is 79.9. The topological polar surface area (TPSA) is 35.5 Å². The zero-order chi connectivity index (χ0) is 13.8. The lowest BCUT2D eigenvalue weighted by molar-refractivity contribution is 0.0598. The standard InChI is InChI=1S/C14H10BrClO3/c1-18-14(17)10-8-9(16)6-7-12(10)19-13-5-3-2-4-11(13)15/h2-8H,1H3. The number of carbonyl (C=O) groups is 1. The van der Waals surface area contributed by atoms with Gasteiger partial charge >= 0.3 is 5.97 Å². The molecule has 3 nitrogen and oxygen atoms in total. The van der Waals surface area contributed by atoms with Crippen LogP contribution in [0, 0.1) is 0 Å². The maximum atomic E-state index is 11.7. The Morgan fingerprint density at radius 1 is 1.16 bits per heavy atom. The summed E-state index contributed by atoms with van der Waals surface area (Å²) in [6, 6.07) is 12.2. The number of hydrogen-bond donors (Lipinski definition) is 0. The van der Waals surface area contributed by atoms with Crippen molar-refractivity contribution >= 4 is 33.5 Å². The monoisotopic (exact) mass is 340 g/mol. The highest BCUT2D eigenvalue weighted by Gasteiger charge is 2.15. The minimum absolute atomic E-state index is 0.283. The Labute approximate surface area is 124 Å². The zero-order valence-electron chi connectivity index (χ0n) is 10.0. The molecule has 0 saturated carbocycles. The molecule has 0 aliphatic rings. The predicted octanol–water partition coefficient (Wildman–Crippen LogP) is 4.68. The smallest absolute Gasteiger partial charge is 0.341 e. The van der Waals surface area contributed by atoms with Gasteiger partial charge in [-0.2, -0.15) is 0 Å². The van der Waals surface area contributed by atoms with Crippen LogP contribution in [0.3, 0.4) is 0 Å². The molecule has 0 amide bonds. The first-order chi connectivity index (χ1) is 9.11. The molecule has 0 spiro atoms. The van der Waals surface area contributed by atoms with Gasteiger partial charge in [-0.15, -0.1) is 0 Å². The Hall–Kier alpha value is -1.52. The Morgan fingerprint density at radius 3 is 2.58 bits per heavy atom. The van der Waals surface area contributed by atoms with Gasteiger partial charge < -0.3 is 9.47 Å². The summed E-state index contributed by atoms with van der Waals surface area (Å²) in [5.41, 5.74) is 0.283. The second kappa shape index (κ2) is 6.08. The van der Waals surface area contributed by atoms with Crippen LogP contribution < -0.4 is 4.74 Å². The molecule has 0 heterocycles. The zero-order valence-corrected chi connectivity index (χ0v) is 12.4. The molecule has 0 fully saturated rings. The SMILES string of the molecule is COC(=O)c1cc(Cl)ccc1Oc1ccccc1Br. The van der Waals surface area contributed by atoms with Crippen molar-refractivity contribution in [2.45, 2.75) is 0 Å². The summed E-state index contributed by atoms with van der Waals surface area (Å²) in [5.74, 6) is 0.502. The maximum Gasteiger partial charge on any atom is 0.341 e. The highest BCUT2D eigenvalue weighted by Crippen LogP contribution is 2.32. The van der Waals surface area contributed by atoms with Crippen LogP contribution in [0.15, 0.2) is 46.9 Å². The van der Waals surface area contributed by atoms with Crippen LogP contribution in [0.25, 0.3) is 0 Å². The average Bonchev–Trinajstić information content (AvgIpc) is 2.42. The fraction of sp³-hybridized carbons (Fsp3) is 0.0714. The quantitative estimate of drug-likeness (QED) is 0.760. The molecule has 0 aliphatic carbocycles. The number of para-hydroxylation sites is 1. The van der Waals surface area contributed by atoms with Crippen molar-refractivity contribution in [3.05, 3.63) is 57.5 Å². The lowest BCUT2D eigenvalue weighted by Gasteiger charge is -2.11. The van der Waals surface area contributed by atoms with Crippen LogP contribution in [-0.2, 0) is 4.74 Å². The molecule has 2 aromatic rings. The van der Waals surface area contributed by atoms with E-state index in [4.69, 9.17) is 21.1 Å². The molecular formula is C14H10BrClO3. The van der Waals surface area contributed by atoms with Gasteiger partial charge in [-0.25, -0.2) is 4.79 Å². The lowest BCUT2D eigenvalue weighted by Crippen LogP contribution is -2.03. The number of methoxy groups -OCH3 is 1. The van der Waals surface area contributed by atoms with Crippen LogP contribution in [0.5, 0.6) is 11.5 Å². The van der Waals surface area contributed by atoms with E-state index in [1.165, 1.54) is 13.2 Å². The molecule has 2 aromatic carbocycles. The molecule has 98 valence electrons. The van der Waals surface area contributed by atoms with Crippen LogP contribution in [-0.4, -0.2) is 13.1 Å². The molecule has 0 bridgehead atoms. The molecule has 0 saturated heterocycles. The lowest BCUT2D eigenvalue weighted by atomic mass is 10.2. The summed E-state index contributed by atoms with van der Waals surface area (Å²) in [6.45, 7) is 0. The van der Waals surface area contributed by atoms with Crippen molar-refractivity contribution in [3.8, 4) is 11.5 Å². The van der Waals surface area contributed by atoms with Crippen LogP contribution in [0.2, 0.25) is 5.02 Å². The van der Waals surface area contributed by atoms with E-state index in [9.17, 15) is 4.79 Å². The van der Waals surface area contributed by atoms with Gasteiger partial charge in [0.25, 0.3) is 0 Å². The molecule has 0 atom stereocenters.